The van der Waals surface area contributed by atoms with Crippen molar-refractivity contribution in [1.82, 2.24) is 0 Å². The van der Waals surface area contributed by atoms with Crippen molar-refractivity contribution in [1.29, 1.82) is 0 Å². The number of ether oxygens (including phenoxy) is 4. The molecule has 0 saturated carbocycles. The summed E-state index contributed by atoms with van der Waals surface area (Å²) in [4.78, 5) is 4.75. The summed E-state index contributed by atoms with van der Waals surface area (Å²) in [6.07, 6.45) is -14.2. The van der Waals surface area contributed by atoms with Crippen LogP contribution in [0.5, 0.6) is 0 Å². The van der Waals surface area contributed by atoms with Gasteiger partial charge in [0.05, 0.1) is 76.9 Å². The highest BCUT2D eigenvalue weighted by molar-refractivity contribution is 7.80. The fraction of sp³-hybridized carbons (Fsp3) is 1.00. The molecule has 0 aliphatic rings. The summed E-state index contributed by atoms with van der Waals surface area (Å²) in [5.74, 6) is 0. The van der Waals surface area contributed by atoms with Gasteiger partial charge in [-0.15, -0.1) is 0 Å². The largest absolute Gasteiger partial charge is 0.450 e. The van der Waals surface area contributed by atoms with Crippen LogP contribution in [-0.2, 0) is 39.3 Å². The van der Waals surface area contributed by atoms with Crippen LogP contribution in [0.3, 0.4) is 0 Å². The van der Waals surface area contributed by atoms with E-state index in [9.17, 15) is 268 Å². The van der Waals surface area contributed by atoms with E-state index in [1.807, 2.05) is 0 Å². The van der Waals surface area contributed by atoms with E-state index in [0.717, 1.165) is 0 Å². The molecule has 0 aromatic heterocycles. The van der Waals surface area contributed by atoms with Gasteiger partial charge in [0.1, 0.15) is 0 Å². The Bertz CT molecular complexity index is 794. The molecule has 0 unspecified atom stereocenters. The van der Waals surface area contributed by atoms with Crippen molar-refractivity contribution in [3.63, 3.8) is 0 Å². The zero-order chi connectivity index (χ0) is 102. The summed E-state index contributed by atoms with van der Waals surface area (Å²) >= 11 is 0. The molecule has 0 amide bonds. The van der Waals surface area contributed by atoms with Gasteiger partial charge in [-0.05, 0) is 36.7 Å². The number of alkyl halides is 58. The van der Waals surface area contributed by atoms with Crippen LogP contribution in [0.25, 0.3) is 0 Å². The first-order valence-electron chi connectivity index (χ1n) is 23.0. The number of hydrogen-bond acceptors (Lipinski definition) is 8. The molecular weight excluding hydrogens is 2100 g/mol. The van der Waals surface area contributed by atoms with Crippen LogP contribution in [0, 0.1) is 0 Å². The molecule has 1 N–H and O–H groups in total. The molecule has 0 aromatic carbocycles. The average molecular weight is 2280 g/mol. The Morgan fingerprint density at radius 3 is 0.252 bits per heavy atom. The van der Waals surface area contributed by atoms with Crippen LogP contribution in [-0.4, -0.2) is 281 Å². The van der Waals surface area contributed by atoms with Crippen molar-refractivity contribution in [3.8, 4) is 0 Å². The first-order valence-corrected chi connectivity index (χ1v) is 24.4. The predicted molar refractivity (Wildman–Crippen MR) is 442 cm³/mol. The van der Waals surface area contributed by atoms with Gasteiger partial charge in [-0.25, -0.2) is 180 Å². The lowest BCUT2D eigenvalue weighted by molar-refractivity contribution is -0.219. The molecule has 0 fully saturated rings. The molecule has 0 heterocycles. The van der Waals surface area contributed by atoms with Crippen LogP contribution >= 0.6 is 0 Å². The Kier molecular flexibility index (Phi) is 2300. The Hall–Kier alpha value is -4.60. The van der Waals surface area contributed by atoms with Crippen molar-refractivity contribution in [2.24, 2.45) is 0 Å². The fourth-order valence-corrected chi connectivity index (χ4v) is 0.117. The second-order valence-electron chi connectivity index (χ2n) is 6.61. The van der Waals surface area contributed by atoms with E-state index in [-0.39, 0.29) is 183 Å². The first kappa shape index (κ1) is 384. The maximum Gasteiger partial charge on any atom is 0.450 e. The Balaban J connectivity index is -0.00000000922. The third kappa shape index (κ3) is 10100. The lowest BCUT2D eigenvalue weighted by Gasteiger charge is -2.00. The van der Waals surface area contributed by atoms with Crippen molar-refractivity contribution < 1.29 is 309 Å². The molecule has 0 atom stereocenters. The Morgan fingerprint density at radius 1 is 0.215 bits per heavy atom. The van der Waals surface area contributed by atoms with Gasteiger partial charge in [-0.2, -0.15) is 44.6 Å². The summed E-state index contributed by atoms with van der Waals surface area (Å²) < 4.78 is 643. The second kappa shape index (κ2) is 807. The molecule has 0 bridgehead atoms. The SMILES string of the molecule is C.C.C.C.C.C.C.C.C.C.C.C.C.C.C.C.C.C.C.C.C.CCF.CCF.CCF.CCF.CF.CF.CF.CF.CF.CF.CF.FC(F)C(F)(F)F.FCC(F)(F)F.FCF.FCF.FCF.FCF.FCF.FCF.FCF.FCF.FCF.FCF.FCF.FCF.FCF.FCF.FCOCF.FCOCF.FCOCF.FCOCF.FCOF.FCOF.O=S(=O)(O)F. The van der Waals surface area contributed by atoms with Crippen LogP contribution in [0.1, 0.15) is 184 Å². The topological polar surface area (TPSA) is 110 Å². The molecule has 0 rings (SSSR count). The van der Waals surface area contributed by atoms with E-state index in [0.29, 0.717) is 50.2 Å². The molecule has 0 saturated heterocycles. The highest BCUT2D eigenvalue weighted by Gasteiger charge is 2.40. The number of rotatable bonds is 10. The summed E-state index contributed by atoms with van der Waals surface area (Å²) in [5.41, 5.74) is 0. The monoisotopic (exact) mass is 2280 g/mol. The number of halogens is 61. The van der Waals surface area contributed by atoms with E-state index in [2.05, 4.69) is 28.8 Å². The van der Waals surface area contributed by atoms with Crippen molar-refractivity contribution in [2.45, 2.75) is 202 Å². The maximum absolute atomic E-state index is 10.5. The quantitative estimate of drug-likeness (QED) is 0.130. The van der Waals surface area contributed by atoms with Crippen molar-refractivity contribution in [2.75, 3.05) is 249 Å². The third-order valence-electron chi connectivity index (χ3n) is 1.10. The van der Waals surface area contributed by atoms with E-state index < -0.39 is 202 Å². The lowest BCUT2D eigenvalue weighted by Crippen LogP contribution is -2.18. The van der Waals surface area contributed by atoms with Crippen LogP contribution < -0.4 is 0 Å². The molecule has 135 heavy (non-hydrogen) atoms. The van der Waals surface area contributed by atoms with Gasteiger partial charge in [0.15, 0.2) is 61.6 Å². The van der Waals surface area contributed by atoms with Gasteiger partial charge in [0.2, 0.25) is 111 Å². The van der Waals surface area contributed by atoms with Crippen LogP contribution in [0.2, 0.25) is 0 Å². The molecule has 0 aromatic rings. The molecule has 71 heteroatoms. The van der Waals surface area contributed by atoms with Gasteiger partial charge in [0, 0.05) is 0 Å². The smallest absolute Gasteiger partial charge is 0.319 e. The van der Waals surface area contributed by atoms with E-state index >= 15 is 0 Å². The van der Waals surface area contributed by atoms with Crippen molar-refractivity contribution >= 4 is 10.5 Å². The molecule has 9 nitrogen and oxygen atoms in total. The normalized spacial score (nSPS) is 6.03. The zero-order valence-corrected chi connectivity index (χ0v) is 61.1. The Morgan fingerprint density at radius 2 is 0.252 bits per heavy atom. The second-order valence-corrected chi connectivity index (χ2v) is 7.44. The first-order chi connectivity index (χ1) is 53.4. The standard InChI is InChI=1S/C2HF5.C2H2F4.4C2H4F2O.4C2H5F.2CH2F2O.14CH2F2.7CH3F.21CH4.FHO3S/c3-1(4)2(5,6)7;3-1-2(4,5)6;4*3-1-5-2-4;4*1-2-3;2*2-1-4-3;14*2-1-3;7*1-2;;;;;;;;;;;;;;;;;;;;;;1-5(2,3)4/h1H;1H2;4*1-2H2;4*2H2,1H3;2*1H2;14*1H2;7*1H3;21*1H4;(H,2,3,4). The summed E-state index contributed by atoms with van der Waals surface area (Å²) in [6, 6.07) is 0. The predicted octanol–water partition coefficient (Wildman–Crippen LogP) is 41.9. The van der Waals surface area contributed by atoms with E-state index in [4.69, 9.17) is 13.0 Å². The third-order valence-corrected chi connectivity index (χ3v) is 1.10. The summed E-state index contributed by atoms with van der Waals surface area (Å²) in [7, 11) is -1.67. The Labute approximate surface area is 771 Å². The van der Waals surface area contributed by atoms with Gasteiger partial charge in [-0.3, -0.25) is 52.8 Å². The highest BCUT2D eigenvalue weighted by Crippen LogP contribution is 2.23. The van der Waals surface area contributed by atoms with Gasteiger partial charge < -0.3 is 18.9 Å². The molecule has 0 aliphatic heterocycles. The molecule has 920 valence electrons. The highest BCUT2D eigenvalue weighted by atomic mass is 32.3. The molecule has 0 spiro atoms. The summed E-state index contributed by atoms with van der Waals surface area (Å²) in [5, 5.41) is 0. The van der Waals surface area contributed by atoms with Crippen molar-refractivity contribution in [3.05, 3.63) is 0 Å². The number of hydrogen-bond donors (Lipinski definition) is 1. The maximum atomic E-state index is 10.5. The minimum absolute atomic E-state index is 0. The van der Waals surface area contributed by atoms with Crippen LogP contribution in [0.4, 0.5) is 268 Å². The molecular formula is C64H177F61O9S. The average Bonchev–Trinajstić information content (AvgIpc) is 0.958. The van der Waals surface area contributed by atoms with Gasteiger partial charge >= 0.3 is 29.3 Å². The minimum atomic E-state index is -5.33. The van der Waals surface area contributed by atoms with Gasteiger partial charge in [-0.1, -0.05) is 160 Å². The summed E-state index contributed by atoms with van der Waals surface area (Å²) in [6.45, 7) is -32.8. The lowest BCUT2D eigenvalue weighted by atomic mass is 10.7. The van der Waals surface area contributed by atoms with E-state index in [1.165, 1.54) is 27.7 Å². The molecule has 0 aliphatic carbocycles. The van der Waals surface area contributed by atoms with Gasteiger partial charge in [0.25, 0.3) is 0 Å². The van der Waals surface area contributed by atoms with Crippen LogP contribution in [0.15, 0.2) is 0 Å². The fourth-order valence-electron chi connectivity index (χ4n) is 0.117. The molecule has 0 radical (unpaired) electrons. The zero-order valence-electron chi connectivity index (χ0n) is 60.3. The van der Waals surface area contributed by atoms with E-state index in [1.54, 1.807) is 0 Å². The minimum Gasteiger partial charge on any atom is -0.319 e.